The van der Waals surface area contributed by atoms with Gasteiger partial charge < -0.3 is 0 Å². The lowest BCUT2D eigenvalue weighted by molar-refractivity contribution is -0.122. The maximum atomic E-state index is 12.0. The summed E-state index contributed by atoms with van der Waals surface area (Å²) < 4.78 is 0. The van der Waals surface area contributed by atoms with E-state index in [0.717, 1.165) is 11.3 Å². The van der Waals surface area contributed by atoms with Crippen molar-refractivity contribution >= 4 is 23.5 Å². The number of hydrogen-bond donors (Lipinski definition) is 1. The summed E-state index contributed by atoms with van der Waals surface area (Å²) in [6.07, 6.45) is 2.62. The summed E-state index contributed by atoms with van der Waals surface area (Å²) in [4.78, 5) is 14.3. The summed E-state index contributed by atoms with van der Waals surface area (Å²) in [5.41, 5.74) is 3.88. The zero-order valence-corrected chi connectivity index (χ0v) is 12.1. The van der Waals surface area contributed by atoms with Crippen LogP contribution in [0.3, 0.4) is 0 Å². The quantitative estimate of drug-likeness (QED) is 0.679. The van der Waals surface area contributed by atoms with Gasteiger partial charge in [0.05, 0.1) is 6.21 Å². The maximum Gasteiger partial charge on any atom is 0.243 e. The van der Waals surface area contributed by atoms with Gasteiger partial charge in [-0.2, -0.15) is 5.10 Å². The van der Waals surface area contributed by atoms with Gasteiger partial charge in [-0.15, -0.1) is 11.3 Å². The first kappa shape index (κ1) is 13.1. The molecule has 1 aromatic heterocycles. The molecule has 2 aromatic rings. The van der Waals surface area contributed by atoms with E-state index in [-0.39, 0.29) is 11.8 Å². The molecule has 20 heavy (non-hydrogen) atoms. The van der Waals surface area contributed by atoms with Gasteiger partial charge in [-0.25, -0.2) is 5.43 Å². The van der Waals surface area contributed by atoms with E-state index in [2.05, 4.69) is 29.6 Å². The normalized spacial score (nSPS) is 21.1. The van der Waals surface area contributed by atoms with Crippen LogP contribution in [0.1, 0.15) is 27.7 Å². The van der Waals surface area contributed by atoms with Crippen molar-refractivity contribution in [2.24, 2.45) is 11.0 Å². The molecule has 0 bridgehead atoms. The number of rotatable bonds is 4. The number of thiophene rings is 1. The van der Waals surface area contributed by atoms with Gasteiger partial charge in [0.15, 0.2) is 0 Å². The highest BCUT2D eigenvalue weighted by Crippen LogP contribution is 2.47. The van der Waals surface area contributed by atoms with Crippen LogP contribution < -0.4 is 5.43 Å². The van der Waals surface area contributed by atoms with Gasteiger partial charge in [0, 0.05) is 15.7 Å². The van der Waals surface area contributed by atoms with E-state index in [1.165, 1.54) is 10.4 Å². The van der Waals surface area contributed by atoms with Crippen LogP contribution in [0.5, 0.6) is 0 Å². The standard InChI is InChI=1S/C16H16N2OS/c1-11-7-8-13(20-11)10-17-18-16(19)15-9-14(15)12-5-3-2-4-6-12/h2-8,10,14-15H,9H2,1H3,(H,18,19)/b17-10-/t14-,15-/m1/s1. The summed E-state index contributed by atoms with van der Waals surface area (Å²) in [7, 11) is 0. The van der Waals surface area contributed by atoms with Crippen molar-refractivity contribution < 1.29 is 4.79 Å². The molecule has 1 saturated carbocycles. The summed E-state index contributed by atoms with van der Waals surface area (Å²) in [5, 5.41) is 4.03. The van der Waals surface area contributed by atoms with Gasteiger partial charge >= 0.3 is 0 Å². The minimum absolute atomic E-state index is 0.0170. The topological polar surface area (TPSA) is 41.5 Å². The number of hydrogen-bond acceptors (Lipinski definition) is 3. The van der Waals surface area contributed by atoms with Crippen LogP contribution in [0.15, 0.2) is 47.6 Å². The molecule has 1 heterocycles. The number of carbonyl (C=O) groups is 1. The van der Waals surface area contributed by atoms with Gasteiger partial charge in [-0.3, -0.25) is 4.79 Å². The Labute approximate surface area is 122 Å². The predicted molar refractivity (Wildman–Crippen MR) is 82.1 cm³/mol. The first-order valence-electron chi connectivity index (χ1n) is 6.68. The second-order valence-corrected chi connectivity index (χ2v) is 6.36. The molecule has 0 spiro atoms. The second kappa shape index (κ2) is 5.59. The number of hydrazone groups is 1. The number of aryl methyl sites for hydroxylation is 1. The van der Waals surface area contributed by atoms with Crippen molar-refractivity contribution in [3.63, 3.8) is 0 Å². The van der Waals surface area contributed by atoms with E-state index >= 15 is 0 Å². The molecule has 1 aliphatic rings. The molecule has 1 aromatic carbocycles. The molecule has 1 N–H and O–H groups in total. The molecule has 0 aliphatic heterocycles. The van der Waals surface area contributed by atoms with Gasteiger partial charge in [0.25, 0.3) is 0 Å². The van der Waals surface area contributed by atoms with Crippen LogP contribution >= 0.6 is 11.3 Å². The first-order valence-corrected chi connectivity index (χ1v) is 7.50. The molecular weight excluding hydrogens is 268 g/mol. The van der Waals surface area contributed by atoms with Crippen molar-refractivity contribution in [2.75, 3.05) is 0 Å². The summed E-state index contributed by atoms with van der Waals surface area (Å²) in [6, 6.07) is 14.2. The molecular formula is C16H16N2OS. The molecule has 3 rings (SSSR count). The van der Waals surface area contributed by atoms with E-state index in [1.807, 2.05) is 30.3 Å². The van der Waals surface area contributed by atoms with Gasteiger partial charge in [0.1, 0.15) is 0 Å². The van der Waals surface area contributed by atoms with E-state index in [4.69, 9.17) is 0 Å². The minimum atomic E-state index is 0.0170. The van der Waals surface area contributed by atoms with Crippen LogP contribution in [0.25, 0.3) is 0 Å². The monoisotopic (exact) mass is 284 g/mol. The highest BCUT2D eigenvalue weighted by molar-refractivity contribution is 7.13. The highest BCUT2D eigenvalue weighted by Gasteiger charge is 2.43. The number of carbonyl (C=O) groups excluding carboxylic acids is 1. The smallest absolute Gasteiger partial charge is 0.243 e. The largest absolute Gasteiger partial charge is 0.273 e. The zero-order chi connectivity index (χ0) is 13.9. The lowest BCUT2D eigenvalue weighted by atomic mass is 10.1. The Morgan fingerprint density at radius 2 is 2.10 bits per heavy atom. The lowest BCUT2D eigenvalue weighted by Gasteiger charge is -1.99. The number of amides is 1. The number of benzene rings is 1. The third kappa shape index (κ3) is 2.96. The lowest BCUT2D eigenvalue weighted by Crippen LogP contribution is -2.19. The van der Waals surface area contributed by atoms with Crippen molar-refractivity contribution in [2.45, 2.75) is 19.3 Å². The third-order valence-corrected chi connectivity index (χ3v) is 4.42. The Balaban J connectivity index is 1.53. The summed E-state index contributed by atoms with van der Waals surface area (Å²) >= 11 is 1.66. The molecule has 1 amide bonds. The van der Waals surface area contributed by atoms with Gasteiger partial charge in [0.2, 0.25) is 5.91 Å². The fourth-order valence-electron chi connectivity index (χ4n) is 2.32. The third-order valence-electron chi connectivity index (χ3n) is 3.48. The molecule has 3 nitrogen and oxygen atoms in total. The van der Waals surface area contributed by atoms with Crippen LogP contribution in [-0.2, 0) is 4.79 Å². The van der Waals surface area contributed by atoms with Crippen LogP contribution in [-0.4, -0.2) is 12.1 Å². The van der Waals surface area contributed by atoms with E-state index < -0.39 is 0 Å². The average Bonchev–Trinajstić information content (AvgIpc) is 3.17. The van der Waals surface area contributed by atoms with Gasteiger partial charge in [-0.1, -0.05) is 30.3 Å². The molecule has 1 aliphatic carbocycles. The second-order valence-electron chi connectivity index (χ2n) is 5.04. The fourth-order valence-corrected chi connectivity index (χ4v) is 3.07. The molecule has 0 radical (unpaired) electrons. The Bertz CT molecular complexity index is 633. The number of nitrogens with zero attached hydrogens (tertiary/aromatic N) is 1. The number of nitrogens with one attached hydrogen (secondary N) is 1. The van der Waals surface area contributed by atoms with Crippen LogP contribution in [0, 0.1) is 12.8 Å². The van der Waals surface area contributed by atoms with Crippen molar-refractivity contribution in [1.29, 1.82) is 0 Å². The SMILES string of the molecule is Cc1ccc(/C=N\NC(=O)[C@@H]2C[C@@H]2c2ccccc2)s1. The Morgan fingerprint density at radius 3 is 2.80 bits per heavy atom. The molecule has 1 fully saturated rings. The summed E-state index contributed by atoms with van der Waals surface area (Å²) in [6.45, 7) is 2.05. The first-order chi connectivity index (χ1) is 9.74. The summed E-state index contributed by atoms with van der Waals surface area (Å²) in [5.74, 6) is 0.443. The van der Waals surface area contributed by atoms with E-state index in [1.54, 1.807) is 17.6 Å². The molecule has 0 unspecified atom stereocenters. The zero-order valence-electron chi connectivity index (χ0n) is 11.2. The average molecular weight is 284 g/mol. The van der Waals surface area contributed by atoms with Crippen LogP contribution in [0.2, 0.25) is 0 Å². The maximum absolute atomic E-state index is 12.0. The van der Waals surface area contributed by atoms with E-state index in [9.17, 15) is 4.79 Å². The van der Waals surface area contributed by atoms with Gasteiger partial charge in [-0.05, 0) is 37.0 Å². The highest BCUT2D eigenvalue weighted by atomic mass is 32.1. The molecule has 0 saturated heterocycles. The van der Waals surface area contributed by atoms with E-state index in [0.29, 0.717) is 5.92 Å². The Hall–Kier alpha value is -1.94. The van der Waals surface area contributed by atoms with Crippen molar-refractivity contribution in [3.05, 3.63) is 57.8 Å². The Morgan fingerprint density at radius 1 is 1.30 bits per heavy atom. The van der Waals surface area contributed by atoms with Crippen LogP contribution in [0.4, 0.5) is 0 Å². The molecule has 4 heteroatoms. The molecule has 2 atom stereocenters. The van der Waals surface area contributed by atoms with Crippen molar-refractivity contribution in [3.8, 4) is 0 Å². The fraction of sp³-hybridized carbons (Fsp3) is 0.250. The Kier molecular flexibility index (Phi) is 3.65. The minimum Gasteiger partial charge on any atom is -0.273 e. The van der Waals surface area contributed by atoms with Crippen molar-refractivity contribution in [1.82, 2.24) is 5.43 Å². The molecule has 102 valence electrons. The predicted octanol–water partition coefficient (Wildman–Crippen LogP) is 3.31.